The summed E-state index contributed by atoms with van der Waals surface area (Å²) in [6.07, 6.45) is 8.23. The summed E-state index contributed by atoms with van der Waals surface area (Å²) in [7, 11) is 0. The minimum Gasteiger partial charge on any atom is -0.367 e. The van der Waals surface area contributed by atoms with Crippen LogP contribution in [-0.4, -0.2) is 17.6 Å². The van der Waals surface area contributed by atoms with Gasteiger partial charge in [-0.3, -0.25) is 4.79 Å². The third-order valence-corrected chi connectivity index (χ3v) is 3.39. The highest BCUT2D eigenvalue weighted by atomic mass is 16.6. The van der Waals surface area contributed by atoms with Crippen LogP contribution in [-0.2, 0) is 9.53 Å². The van der Waals surface area contributed by atoms with Crippen LogP contribution in [0.2, 0.25) is 0 Å². The van der Waals surface area contributed by atoms with Crippen LogP contribution in [0.1, 0.15) is 53.4 Å². The molecular weight excluding hydrogens is 226 g/mol. The van der Waals surface area contributed by atoms with E-state index in [0.29, 0.717) is 6.10 Å². The molecule has 3 nitrogen and oxygen atoms in total. The van der Waals surface area contributed by atoms with Crippen molar-refractivity contribution in [2.24, 2.45) is 5.73 Å². The highest BCUT2D eigenvalue weighted by molar-refractivity contribution is 5.86. The summed E-state index contributed by atoms with van der Waals surface area (Å²) in [5, 5.41) is 0. The topological polar surface area (TPSA) is 55.6 Å². The number of rotatable bonds is 7. The fourth-order valence-electron chi connectivity index (χ4n) is 2.06. The summed E-state index contributed by atoms with van der Waals surface area (Å²) in [6.45, 7) is 8.36. The van der Waals surface area contributed by atoms with E-state index in [2.05, 4.69) is 26.8 Å². The Morgan fingerprint density at radius 2 is 1.89 bits per heavy atom. The summed E-state index contributed by atoms with van der Waals surface area (Å²) in [6, 6.07) is 0. The number of carbonyl (C=O) groups is 1. The van der Waals surface area contributed by atoms with Crippen LogP contribution in [0.5, 0.6) is 0 Å². The number of ether oxygens (including phenoxy) is 1. The first-order valence-electron chi connectivity index (χ1n) is 6.61. The van der Waals surface area contributed by atoms with E-state index in [1.165, 1.54) is 11.6 Å². The van der Waals surface area contributed by atoms with Crippen LogP contribution in [0.4, 0.5) is 0 Å². The Hall–Kier alpha value is -1.09. The van der Waals surface area contributed by atoms with E-state index >= 15 is 0 Å². The Bertz CT molecular complexity index is 367. The molecule has 18 heavy (non-hydrogen) atoms. The van der Waals surface area contributed by atoms with Gasteiger partial charge in [0.2, 0.25) is 5.91 Å². The highest BCUT2D eigenvalue weighted by Crippen LogP contribution is 2.38. The number of nitrogens with two attached hydrogens (primary N) is 1. The molecule has 1 rings (SSSR count). The number of hydrogen-bond acceptors (Lipinski definition) is 2. The molecule has 1 saturated heterocycles. The lowest BCUT2D eigenvalue weighted by Gasteiger charge is -2.01. The van der Waals surface area contributed by atoms with Crippen molar-refractivity contribution in [2.75, 3.05) is 0 Å². The van der Waals surface area contributed by atoms with Gasteiger partial charge in [0.15, 0.2) is 0 Å². The van der Waals surface area contributed by atoms with Crippen molar-refractivity contribution in [1.29, 1.82) is 0 Å². The van der Waals surface area contributed by atoms with E-state index in [9.17, 15) is 4.79 Å². The van der Waals surface area contributed by atoms with Gasteiger partial charge in [0.1, 0.15) is 0 Å². The summed E-state index contributed by atoms with van der Waals surface area (Å²) < 4.78 is 5.55. The summed E-state index contributed by atoms with van der Waals surface area (Å²) in [5.41, 5.74) is 7.63. The Morgan fingerprint density at radius 1 is 1.28 bits per heavy atom. The van der Waals surface area contributed by atoms with Crippen molar-refractivity contribution >= 4 is 5.91 Å². The summed E-state index contributed by atoms with van der Waals surface area (Å²) in [5.74, 6) is -0.360. The predicted octanol–water partition coefficient (Wildman–Crippen LogP) is 3.10. The van der Waals surface area contributed by atoms with Gasteiger partial charge in [-0.25, -0.2) is 0 Å². The summed E-state index contributed by atoms with van der Waals surface area (Å²) in [4.78, 5) is 10.7. The van der Waals surface area contributed by atoms with Gasteiger partial charge >= 0.3 is 0 Å². The molecular formula is C15H25NO2. The molecule has 0 spiro atoms. The van der Waals surface area contributed by atoms with Crippen LogP contribution in [0, 0.1) is 0 Å². The van der Waals surface area contributed by atoms with Gasteiger partial charge in [0, 0.05) is 6.08 Å². The Labute approximate surface area is 110 Å². The maximum atomic E-state index is 10.7. The quantitative estimate of drug-likeness (QED) is 0.429. The highest BCUT2D eigenvalue weighted by Gasteiger charge is 2.46. The number of hydrogen-bond donors (Lipinski definition) is 1. The van der Waals surface area contributed by atoms with E-state index in [-0.39, 0.29) is 11.5 Å². The number of epoxide rings is 1. The molecule has 0 aliphatic carbocycles. The first-order chi connectivity index (χ1) is 8.31. The SMILES string of the molecule is C/C(=C\C(N)=O)CC/C=C(\C)CCC1OC1(C)C. The lowest BCUT2D eigenvalue weighted by atomic mass is 10.0. The Kier molecular flexibility index (Phi) is 5.15. The second-order valence-corrected chi connectivity index (χ2v) is 5.73. The molecule has 0 saturated carbocycles. The van der Waals surface area contributed by atoms with E-state index in [1.807, 2.05) is 6.92 Å². The molecule has 102 valence electrons. The zero-order valence-electron chi connectivity index (χ0n) is 12.0. The first kappa shape index (κ1) is 15.0. The Morgan fingerprint density at radius 3 is 2.39 bits per heavy atom. The minimum absolute atomic E-state index is 0.0983. The van der Waals surface area contributed by atoms with Crippen LogP contribution >= 0.6 is 0 Å². The molecule has 0 aromatic carbocycles. The monoisotopic (exact) mass is 251 g/mol. The van der Waals surface area contributed by atoms with Gasteiger partial charge in [-0.2, -0.15) is 0 Å². The molecule has 0 aromatic rings. The van der Waals surface area contributed by atoms with Crippen LogP contribution in [0.3, 0.4) is 0 Å². The number of amides is 1. The molecule has 1 unspecified atom stereocenters. The van der Waals surface area contributed by atoms with Crippen molar-refractivity contribution in [1.82, 2.24) is 0 Å². The lowest BCUT2D eigenvalue weighted by Crippen LogP contribution is -2.06. The number of primary amides is 1. The van der Waals surface area contributed by atoms with Gasteiger partial charge in [-0.05, 0) is 53.4 Å². The van der Waals surface area contributed by atoms with Crippen molar-refractivity contribution in [3.05, 3.63) is 23.3 Å². The maximum absolute atomic E-state index is 10.7. The van der Waals surface area contributed by atoms with Gasteiger partial charge in [-0.1, -0.05) is 17.2 Å². The summed E-state index contributed by atoms with van der Waals surface area (Å²) >= 11 is 0. The zero-order valence-corrected chi connectivity index (χ0v) is 12.0. The Balaban J connectivity index is 2.20. The normalized spacial score (nSPS) is 23.0. The van der Waals surface area contributed by atoms with E-state index < -0.39 is 0 Å². The minimum atomic E-state index is -0.360. The lowest BCUT2D eigenvalue weighted by molar-refractivity contribution is -0.113. The zero-order chi connectivity index (χ0) is 13.8. The van der Waals surface area contributed by atoms with Gasteiger partial charge in [-0.15, -0.1) is 0 Å². The van der Waals surface area contributed by atoms with E-state index in [0.717, 1.165) is 31.3 Å². The molecule has 1 fully saturated rings. The third-order valence-electron chi connectivity index (χ3n) is 3.39. The molecule has 1 amide bonds. The first-order valence-corrected chi connectivity index (χ1v) is 6.61. The second kappa shape index (κ2) is 6.19. The standard InChI is InChI=1S/C15H25NO2/c1-11(8-9-13-15(3,4)18-13)6-5-7-12(2)10-14(16)17/h6,10,13H,5,7-9H2,1-4H3,(H2,16,17)/b11-6+,12-10+. The van der Waals surface area contributed by atoms with Crippen molar-refractivity contribution in [3.63, 3.8) is 0 Å². The fourth-order valence-corrected chi connectivity index (χ4v) is 2.06. The van der Waals surface area contributed by atoms with Crippen molar-refractivity contribution in [2.45, 2.75) is 65.1 Å². The third kappa shape index (κ3) is 5.50. The van der Waals surface area contributed by atoms with Crippen molar-refractivity contribution in [3.8, 4) is 0 Å². The van der Waals surface area contributed by atoms with Crippen molar-refractivity contribution < 1.29 is 9.53 Å². The molecule has 1 heterocycles. The molecule has 1 aliphatic rings. The van der Waals surface area contributed by atoms with Crippen LogP contribution in [0.25, 0.3) is 0 Å². The molecule has 1 aliphatic heterocycles. The van der Waals surface area contributed by atoms with Crippen LogP contribution < -0.4 is 5.73 Å². The second-order valence-electron chi connectivity index (χ2n) is 5.73. The predicted molar refractivity (Wildman–Crippen MR) is 74.1 cm³/mol. The molecule has 0 radical (unpaired) electrons. The molecule has 0 bridgehead atoms. The fraction of sp³-hybridized carbons (Fsp3) is 0.667. The smallest absolute Gasteiger partial charge is 0.241 e. The largest absolute Gasteiger partial charge is 0.367 e. The number of allylic oxidation sites excluding steroid dienone is 3. The average molecular weight is 251 g/mol. The average Bonchev–Trinajstić information content (AvgIpc) is 2.82. The van der Waals surface area contributed by atoms with Crippen LogP contribution in [0.15, 0.2) is 23.3 Å². The van der Waals surface area contributed by atoms with Gasteiger partial charge in [0.05, 0.1) is 11.7 Å². The molecule has 2 N–H and O–H groups in total. The van der Waals surface area contributed by atoms with Gasteiger partial charge < -0.3 is 10.5 Å². The molecule has 3 heteroatoms. The van der Waals surface area contributed by atoms with E-state index in [4.69, 9.17) is 10.5 Å². The van der Waals surface area contributed by atoms with E-state index in [1.54, 1.807) is 0 Å². The molecule has 1 atom stereocenters. The maximum Gasteiger partial charge on any atom is 0.241 e. The van der Waals surface area contributed by atoms with Gasteiger partial charge in [0.25, 0.3) is 0 Å². The molecule has 0 aromatic heterocycles. The number of carbonyl (C=O) groups excluding carboxylic acids is 1.